The molecule has 0 saturated carbocycles. The maximum Gasteiger partial charge on any atom is 0.0777 e. The summed E-state index contributed by atoms with van der Waals surface area (Å²) in [4.78, 5) is 4.40. The molecule has 0 spiro atoms. The van der Waals surface area contributed by atoms with Crippen LogP contribution < -0.4 is 0 Å². The highest BCUT2D eigenvalue weighted by atomic mass is 14.6. The summed E-state index contributed by atoms with van der Waals surface area (Å²) in [5, 5.41) is 1.23. The van der Waals surface area contributed by atoms with Crippen LogP contribution in [0.4, 0.5) is 0 Å². The van der Waals surface area contributed by atoms with E-state index in [1.54, 1.807) is 0 Å². The first-order chi connectivity index (χ1) is 6.45. The Labute approximate surface area is 76.7 Å². The third-order valence-electron chi connectivity index (χ3n) is 2.53. The lowest BCUT2D eigenvalue weighted by Crippen LogP contribution is -1.85. The zero-order valence-corrected chi connectivity index (χ0v) is 7.20. The zero-order chi connectivity index (χ0) is 8.67. The largest absolute Gasteiger partial charge is 0.256 e. The Morgan fingerprint density at radius 1 is 1.15 bits per heavy atom. The van der Waals surface area contributed by atoms with E-state index in [9.17, 15) is 0 Å². The highest BCUT2D eigenvalue weighted by Crippen LogP contribution is 2.26. The molecule has 1 nitrogen and oxygen atoms in total. The molecule has 0 aliphatic heterocycles. The van der Waals surface area contributed by atoms with E-state index in [1.165, 1.54) is 16.5 Å². The summed E-state index contributed by atoms with van der Waals surface area (Å²) >= 11 is 0. The van der Waals surface area contributed by atoms with Gasteiger partial charge in [0.1, 0.15) is 0 Å². The fourth-order valence-electron chi connectivity index (χ4n) is 1.88. The van der Waals surface area contributed by atoms with Gasteiger partial charge in [0.2, 0.25) is 0 Å². The van der Waals surface area contributed by atoms with Crippen LogP contribution in [0.2, 0.25) is 0 Å². The monoisotopic (exact) mass is 167 g/mol. The average Bonchev–Trinajstić information content (AvgIpc) is 2.65. The van der Waals surface area contributed by atoms with Gasteiger partial charge < -0.3 is 0 Å². The maximum absolute atomic E-state index is 4.40. The van der Waals surface area contributed by atoms with Crippen molar-refractivity contribution in [2.75, 3.05) is 0 Å². The van der Waals surface area contributed by atoms with Gasteiger partial charge in [-0.25, -0.2) is 0 Å². The Balaban J connectivity index is 2.49. The molecule has 0 atom stereocenters. The predicted octanol–water partition coefficient (Wildman–Crippen LogP) is 2.80. The minimum absolute atomic E-state index is 1.06. The van der Waals surface area contributed by atoms with Gasteiger partial charge in [0.25, 0.3) is 0 Å². The van der Waals surface area contributed by atoms with Gasteiger partial charge in [-0.05, 0) is 18.1 Å². The Bertz CT molecular complexity index is 497. The molecule has 0 N–H and O–H groups in total. The molecule has 0 saturated heterocycles. The maximum atomic E-state index is 4.40. The van der Waals surface area contributed by atoms with E-state index in [1.807, 2.05) is 12.3 Å². The normalized spacial score (nSPS) is 13.5. The lowest BCUT2D eigenvalue weighted by molar-refractivity contribution is 1.30. The Kier molecular flexibility index (Phi) is 1.28. The summed E-state index contributed by atoms with van der Waals surface area (Å²) in [6, 6.07) is 8.43. The third-order valence-corrected chi connectivity index (χ3v) is 2.53. The van der Waals surface area contributed by atoms with Crippen molar-refractivity contribution in [3.8, 4) is 0 Å². The number of benzene rings is 1. The molecule has 0 bridgehead atoms. The average molecular weight is 167 g/mol. The van der Waals surface area contributed by atoms with E-state index >= 15 is 0 Å². The summed E-state index contributed by atoms with van der Waals surface area (Å²) in [6.45, 7) is 0. The van der Waals surface area contributed by atoms with Crippen molar-refractivity contribution < 1.29 is 0 Å². The summed E-state index contributed by atoms with van der Waals surface area (Å²) in [6.07, 6.45) is 7.28. The first-order valence-corrected chi connectivity index (χ1v) is 4.48. The lowest BCUT2D eigenvalue weighted by atomic mass is 10.1. The summed E-state index contributed by atoms with van der Waals surface area (Å²) < 4.78 is 0. The number of hydrogen-bond donors (Lipinski definition) is 0. The van der Waals surface area contributed by atoms with Crippen LogP contribution in [-0.2, 0) is 6.42 Å². The van der Waals surface area contributed by atoms with Crippen LogP contribution in [0.3, 0.4) is 0 Å². The van der Waals surface area contributed by atoms with Gasteiger partial charge in [0, 0.05) is 17.1 Å². The van der Waals surface area contributed by atoms with Crippen LogP contribution in [0.5, 0.6) is 0 Å². The van der Waals surface area contributed by atoms with Crippen LogP contribution in [0.25, 0.3) is 17.0 Å². The molecular weight excluding hydrogens is 158 g/mol. The molecule has 0 amide bonds. The Morgan fingerprint density at radius 3 is 3.15 bits per heavy atom. The van der Waals surface area contributed by atoms with Crippen molar-refractivity contribution >= 4 is 17.0 Å². The molecule has 0 unspecified atom stereocenters. The van der Waals surface area contributed by atoms with Gasteiger partial charge in [-0.2, -0.15) is 0 Å². The number of nitrogens with zero attached hydrogens (tertiary/aromatic N) is 1. The smallest absolute Gasteiger partial charge is 0.0777 e. The second-order valence-corrected chi connectivity index (χ2v) is 3.32. The van der Waals surface area contributed by atoms with Gasteiger partial charge in [-0.1, -0.05) is 30.4 Å². The number of aromatic nitrogens is 1. The number of allylic oxidation sites excluding steroid dienone is 1. The van der Waals surface area contributed by atoms with E-state index < -0.39 is 0 Å². The number of rotatable bonds is 0. The van der Waals surface area contributed by atoms with Crippen molar-refractivity contribution in [1.29, 1.82) is 0 Å². The number of pyridine rings is 1. The fraction of sp³-hybridized carbons (Fsp3) is 0.0833. The van der Waals surface area contributed by atoms with E-state index in [-0.39, 0.29) is 0 Å². The molecular formula is C12H9N. The highest BCUT2D eigenvalue weighted by molar-refractivity contribution is 5.89. The van der Waals surface area contributed by atoms with Crippen molar-refractivity contribution in [2.24, 2.45) is 0 Å². The van der Waals surface area contributed by atoms with Crippen LogP contribution >= 0.6 is 0 Å². The number of hydrogen-bond acceptors (Lipinski definition) is 1. The van der Waals surface area contributed by atoms with E-state index in [0.717, 1.165) is 11.9 Å². The molecule has 1 aliphatic carbocycles. The molecule has 2 aromatic rings. The van der Waals surface area contributed by atoms with Crippen molar-refractivity contribution in [3.63, 3.8) is 0 Å². The molecule has 1 aromatic carbocycles. The molecule has 0 radical (unpaired) electrons. The second-order valence-electron chi connectivity index (χ2n) is 3.32. The molecule has 13 heavy (non-hydrogen) atoms. The molecule has 1 heteroatoms. The first-order valence-electron chi connectivity index (χ1n) is 4.48. The van der Waals surface area contributed by atoms with Crippen LogP contribution in [0, 0.1) is 0 Å². The van der Waals surface area contributed by atoms with Crippen molar-refractivity contribution in [1.82, 2.24) is 4.98 Å². The van der Waals surface area contributed by atoms with Crippen LogP contribution in [0.1, 0.15) is 11.1 Å². The Hall–Kier alpha value is -1.63. The van der Waals surface area contributed by atoms with Crippen molar-refractivity contribution in [3.05, 3.63) is 47.7 Å². The summed E-state index contributed by atoms with van der Waals surface area (Å²) in [5.74, 6) is 0. The SMILES string of the molecule is C1=Cc2c(ccc3cccnc23)C1. The lowest BCUT2D eigenvalue weighted by Gasteiger charge is -2.02. The summed E-state index contributed by atoms with van der Waals surface area (Å²) in [7, 11) is 0. The summed E-state index contributed by atoms with van der Waals surface area (Å²) in [5.41, 5.74) is 3.83. The number of fused-ring (bicyclic) bond motifs is 3. The molecule has 62 valence electrons. The minimum Gasteiger partial charge on any atom is -0.256 e. The second kappa shape index (κ2) is 2.43. The molecule has 3 rings (SSSR count). The zero-order valence-electron chi connectivity index (χ0n) is 7.20. The van der Waals surface area contributed by atoms with Crippen LogP contribution in [-0.4, -0.2) is 4.98 Å². The molecule has 1 aromatic heterocycles. The molecule has 0 fully saturated rings. The van der Waals surface area contributed by atoms with Gasteiger partial charge in [-0.3, -0.25) is 4.98 Å². The van der Waals surface area contributed by atoms with Gasteiger partial charge >= 0.3 is 0 Å². The third kappa shape index (κ3) is 0.903. The minimum atomic E-state index is 1.06. The first kappa shape index (κ1) is 6.84. The Morgan fingerprint density at radius 2 is 2.15 bits per heavy atom. The van der Waals surface area contributed by atoms with Gasteiger partial charge in [0.15, 0.2) is 0 Å². The van der Waals surface area contributed by atoms with Crippen LogP contribution in [0.15, 0.2) is 36.5 Å². The quantitative estimate of drug-likeness (QED) is 0.588. The molecule has 1 aliphatic rings. The van der Waals surface area contributed by atoms with E-state index in [4.69, 9.17) is 0 Å². The van der Waals surface area contributed by atoms with E-state index in [2.05, 4.69) is 35.3 Å². The van der Waals surface area contributed by atoms with Gasteiger partial charge in [-0.15, -0.1) is 0 Å². The highest BCUT2D eigenvalue weighted by Gasteiger charge is 2.08. The topological polar surface area (TPSA) is 12.9 Å². The van der Waals surface area contributed by atoms with Crippen molar-refractivity contribution in [2.45, 2.75) is 6.42 Å². The predicted molar refractivity (Wildman–Crippen MR) is 54.5 cm³/mol. The molecule has 1 heterocycles. The fourth-order valence-corrected chi connectivity index (χ4v) is 1.88. The van der Waals surface area contributed by atoms with E-state index in [0.29, 0.717) is 0 Å². The van der Waals surface area contributed by atoms with Gasteiger partial charge in [0.05, 0.1) is 5.52 Å². The standard InChI is InChI=1S/C12H9N/c1-3-9-6-7-10-4-2-8-13-12(10)11(9)5-1/h1-2,4-8H,3H2.